The molecule has 1 aliphatic heterocycles. The molecule has 1 aromatic rings. The van der Waals surface area contributed by atoms with E-state index < -0.39 is 23.8 Å². The number of allylic oxidation sites excluding steroid dienone is 3. The van der Waals surface area contributed by atoms with Crippen molar-refractivity contribution in [3.63, 3.8) is 0 Å². The van der Waals surface area contributed by atoms with Gasteiger partial charge in [0.05, 0.1) is 19.3 Å². The maximum Gasteiger partial charge on any atom is 0.336 e. The van der Waals surface area contributed by atoms with Crippen LogP contribution in [0.4, 0.5) is 0 Å². The molecule has 0 aromatic heterocycles. The molecule has 3 atom stereocenters. The number of thioether (sulfide) groups is 1. The minimum atomic E-state index is -0.910. The van der Waals surface area contributed by atoms with Crippen LogP contribution in [0.2, 0.25) is 0 Å². The summed E-state index contributed by atoms with van der Waals surface area (Å²) in [6, 6.07) is 7.43. The van der Waals surface area contributed by atoms with Gasteiger partial charge in [-0.15, -0.1) is 0 Å². The standard InChI is InChI=1S/C27H35NO6S/c1-6-12-33-19-10-8-18(9-11-19)23-22(27(31)34-13-14-35-7-2)17(4)28-20-15-16(3)21(26(30)32-5)25(29)24(20)23/h8-11,16,21,23,28H,6-7,12-15H2,1-5H3/t16-,21+,23+/m1/s1. The lowest BCUT2D eigenvalue weighted by Crippen LogP contribution is -2.43. The highest BCUT2D eigenvalue weighted by Crippen LogP contribution is 2.45. The molecule has 3 rings (SSSR count). The molecule has 0 saturated heterocycles. The maximum absolute atomic E-state index is 13.7. The Kier molecular flexibility index (Phi) is 9.43. The summed E-state index contributed by atoms with van der Waals surface area (Å²) < 4.78 is 16.3. The molecule has 1 N–H and O–H groups in total. The second-order valence-corrected chi connectivity index (χ2v) is 10.2. The maximum atomic E-state index is 13.7. The zero-order valence-electron chi connectivity index (χ0n) is 21.1. The molecule has 2 aliphatic rings. The van der Waals surface area contributed by atoms with Crippen LogP contribution in [0.15, 0.2) is 46.8 Å². The van der Waals surface area contributed by atoms with Gasteiger partial charge in [0, 0.05) is 28.6 Å². The molecule has 0 amide bonds. The largest absolute Gasteiger partial charge is 0.494 e. The number of hydrogen-bond acceptors (Lipinski definition) is 8. The summed E-state index contributed by atoms with van der Waals surface area (Å²) in [5.74, 6) is -0.752. The van der Waals surface area contributed by atoms with Gasteiger partial charge in [0.25, 0.3) is 0 Å². The third-order valence-corrected chi connectivity index (χ3v) is 7.18. The number of carbonyl (C=O) groups is 3. The van der Waals surface area contributed by atoms with E-state index in [9.17, 15) is 14.4 Å². The van der Waals surface area contributed by atoms with Crippen LogP contribution < -0.4 is 10.1 Å². The first-order valence-corrected chi connectivity index (χ1v) is 13.3. The Labute approximate surface area is 211 Å². The number of nitrogens with one attached hydrogen (secondary N) is 1. The fourth-order valence-electron chi connectivity index (χ4n) is 4.68. The molecule has 0 fully saturated rings. The molecule has 1 heterocycles. The van der Waals surface area contributed by atoms with Crippen LogP contribution in [-0.2, 0) is 23.9 Å². The van der Waals surface area contributed by atoms with E-state index in [1.807, 2.05) is 45.0 Å². The molecule has 1 aliphatic carbocycles. The van der Waals surface area contributed by atoms with Gasteiger partial charge in [-0.05, 0) is 49.1 Å². The quantitative estimate of drug-likeness (QED) is 0.287. The summed E-state index contributed by atoms with van der Waals surface area (Å²) in [4.78, 5) is 39.6. The number of rotatable bonds is 10. The highest BCUT2D eigenvalue weighted by atomic mass is 32.2. The third-order valence-electron chi connectivity index (χ3n) is 6.31. The number of carbonyl (C=O) groups excluding carboxylic acids is 3. The summed E-state index contributed by atoms with van der Waals surface area (Å²) >= 11 is 1.69. The van der Waals surface area contributed by atoms with Crippen molar-refractivity contribution in [2.45, 2.75) is 46.5 Å². The molecule has 8 heteroatoms. The molecule has 0 unspecified atom stereocenters. The van der Waals surface area contributed by atoms with Gasteiger partial charge in [0.15, 0.2) is 5.78 Å². The first-order chi connectivity index (χ1) is 16.8. The van der Waals surface area contributed by atoms with E-state index in [0.717, 1.165) is 29.2 Å². The summed E-state index contributed by atoms with van der Waals surface area (Å²) in [5.41, 5.74) is 2.99. The first kappa shape index (κ1) is 26.9. The predicted octanol–water partition coefficient (Wildman–Crippen LogP) is 4.38. The summed E-state index contributed by atoms with van der Waals surface area (Å²) in [7, 11) is 1.29. The molecule has 7 nitrogen and oxygen atoms in total. The van der Waals surface area contributed by atoms with Crippen molar-refractivity contribution in [1.82, 2.24) is 5.32 Å². The predicted molar refractivity (Wildman–Crippen MR) is 136 cm³/mol. The van der Waals surface area contributed by atoms with Crippen LogP contribution >= 0.6 is 11.8 Å². The molecule has 0 radical (unpaired) electrons. The molecular weight excluding hydrogens is 466 g/mol. The van der Waals surface area contributed by atoms with Crippen molar-refractivity contribution in [1.29, 1.82) is 0 Å². The minimum absolute atomic E-state index is 0.223. The van der Waals surface area contributed by atoms with Crippen molar-refractivity contribution in [3.8, 4) is 5.75 Å². The summed E-state index contributed by atoms with van der Waals surface area (Å²) in [5, 5.41) is 3.28. The van der Waals surface area contributed by atoms with Gasteiger partial charge in [0.2, 0.25) is 0 Å². The average molecular weight is 502 g/mol. The molecule has 35 heavy (non-hydrogen) atoms. The number of hydrogen-bond donors (Lipinski definition) is 1. The fourth-order valence-corrected chi connectivity index (χ4v) is 5.17. The average Bonchev–Trinajstić information content (AvgIpc) is 2.84. The minimum Gasteiger partial charge on any atom is -0.494 e. The lowest BCUT2D eigenvalue weighted by molar-refractivity contribution is -0.151. The Balaban J connectivity index is 2.04. The van der Waals surface area contributed by atoms with Gasteiger partial charge >= 0.3 is 11.9 Å². The number of ketones is 1. The number of Topliss-reactive ketones (excluding diaryl/α,β-unsaturated/α-hetero) is 1. The van der Waals surface area contributed by atoms with Crippen LogP contribution in [0.1, 0.15) is 52.0 Å². The zero-order valence-corrected chi connectivity index (χ0v) is 22.0. The van der Waals surface area contributed by atoms with Gasteiger partial charge < -0.3 is 19.5 Å². The summed E-state index contributed by atoms with van der Waals surface area (Å²) in [6.45, 7) is 8.67. The van der Waals surface area contributed by atoms with Gasteiger partial charge in [0.1, 0.15) is 18.3 Å². The lowest BCUT2D eigenvalue weighted by atomic mass is 9.69. The Morgan fingerprint density at radius 2 is 1.86 bits per heavy atom. The zero-order chi connectivity index (χ0) is 25.5. The molecule has 1 aromatic carbocycles. The van der Waals surface area contributed by atoms with E-state index >= 15 is 0 Å². The SMILES string of the molecule is CCCOc1ccc([C@H]2C(C(=O)OCCSCC)=C(C)NC3=C2C(=O)[C@@H](C(=O)OC)[C@H](C)C3)cc1. The van der Waals surface area contributed by atoms with E-state index in [4.69, 9.17) is 14.2 Å². The second-order valence-electron chi connectivity index (χ2n) is 8.79. The van der Waals surface area contributed by atoms with Crippen LogP contribution in [0.25, 0.3) is 0 Å². The number of methoxy groups -OCH3 is 1. The molecule has 0 saturated carbocycles. The highest BCUT2D eigenvalue weighted by Gasteiger charge is 2.47. The van der Waals surface area contributed by atoms with E-state index in [-0.39, 0.29) is 18.3 Å². The van der Waals surface area contributed by atoms with Crippen molar-refractivity contribution in [3.05, 3.63) is 52.4 Å². The van der Waals surface area contributed by atoms with Crippen LogP contribution in [0, 0.1) is 11.8 Å². The molecule has 0 spiro atoms. The van der Waals surface area contributed by atoms with E-state index in [0.29, 0.717) is 35.6 Å². The van der Waals surface area contributed by atoms with Gasteiger partial charge in [-0.3, -0.25) is 9.59 Å². The van der Waals surface area contributed by atoms with Gasteiger partial charge in [-0.1, -0.05) is 32.9 Å². The number of benzene rings is 1. The topological polar surface area (TPSA) is 90.9 Å². The van der Waals surface area contributed by atoms with E-state index in [1.54, 1.807) is 11.8 Å². The van der Waals surface area contributed by atoms with Crippen LogP contribution in [-0.4, -0.2) is 49.6 Å². The van der Waals surface area contributed by atoms with Crippen LogP contribution in [0.3, 0.4) is 0 Å². The molecule has 190 valence electrons. The number of dihydropyridines is 1. The molecule has 0 bridgehead atoms. The monoisotopic (exact) mass is 501 g/mol. The summed E-state index contributed by atoms with van der Waals surface area (Å²) in [6.07, 6.45) is 1.39. The number of ether oxygens (including phenoxy) is 3. The normalized spacial score (nSPS) is 21.9. The first-order valence-electron chi connectivity index (χ1n) is 12.1. The van der Waals surface area contributed by atoms with Crippen molar-refractivity contribution in [2.24, 2.45) is 11.8 Å². The third kappa shape index (κ3) is 5.92. The Hall–Kier alpha value is -2.74. The smallest absolute Gasteiger partial charge is 0.336 e. The van der Waals surface area contributed by atoms with Crippen molar-refractivity contribution >= 4 is 29.5 Å². The van der Waals surface area contributed by atoms with E-state index in [1.165, 1.54) is 7.11 Å². The van der Waals surface area contributed by atoms with Crippen LogP contribution in [0.5, 0.6) is 5.75 Å². The molecular formula is C27H35NO6S. The van der Waals surface area contributed by atoms with E-state index in [2.05, 4.69) is 12.2 Å². The fraction of sp³-hybridized carbons (Fsp3) is 0.519. The second kappa shape index (κ2) is 12.3. The Morgan fingerprint density at radius 3 is 2.49 bits per heavy atom. The van der Waals surface area contributed by atoms with Gasteiger partial charge in [-0.2, -0.15) is 11.8 Å². The van der Waals surface area contributed by atoms with Crippen molar-refractivity contribution in [2.75, 3.05) is 31.8 Å². The number of esters is 2. The van der Waals surface area contributed by atoms with Crippen molar-refractivity contribution < 1.29 is 28.6 Å². The Morgan fingerprint density at radius 1 is 1.14 bits per heavy atom. The Bertz CT molecular complexity index is 1010. The van der Waals surface area contributed by atoms with Gasteiger partial charge in [-0.25, -0.2) is 4.79 Å². The lowest BCUT2D eigenvalue weighted by Gasteiger charge is -2.38. The highest BCUT2D eigenvalue weighted by molar-refractivity contribution is 7.99.